The average molecular weight is 277 g/mol. The van der Waals surface area contributed by atoms with E-state index in [1.165, 1.54) is 0 Å². The maximum atomic E-state index is 11.9. The number of aryl methyl sites for hydroxylation is 1. The van der Waals surface area contributed by atoms with Crippen LogP contribution < -0.4 is 16.0 Å². The summed E-state index contributed by atoms with van der Waals surface area (Å²) in [6.45, 7) is 6.29. The number of anilines is 1. The molecule has 0 aliphatic rings. The van der Waals surface area contributed by atoms with E-state index in [4.69, 9.17) is 0 Å². The molecule has 1 aromatic rings. The lowest BCUT2D eigenvalue weighted by Gasteiger charge is -2.15. The average Bonchev–Trinajstić information content (AvgIpc) is 2.45. The molecule has 0 saturated heterocycles. The Morgan fingerprint density at radius 2 is 1.90 bits per heavy atom. The molecule has 20 heavy (non-hydrogen) atoms. The summed E-state index contributed by atoms with van der Waals surface area (Å²) in [4.78, 5) is 23.5. The molecule has 0 unspecified atom stereocenters. The Labute approximate surface area is 120 Å². The number of urea groups is 1. The van der Waals surface area contributed by atoms with Gasteiger partial charge in [0, 0.05) is 12.2 Å². The van der Waals surface area contributed by atoms with E-state index in [9.17, 15) is 9.59 Å². The van der Waals surface area contributed by atoms with Gasteiger partial charge in [0.2, 0.25) is 5.91 Å². The highest BCUT2D eigenvalue weighted by atomic mass is 16.2. The third-order valence-electron chi connectivity index (χ3n) is 2.94. The molecule has 0 saturated carbocycles. The van der Waals surface area contributed by atoms with Crippen LogP contribution in [0, 0.1) is 0 Å². The lowest BCUT2D eigenvalue weighted by Crippen LogP contribution is -2.46. The van der Waals surface area contributed by atoms with Gasteiger partial charge in [-0.1, -0.05) is 32.0 Å². The second-order valence-electron chi connectivity index (χ2n) is 4.62. The molecule has 0 heterocycles. The summed E-state index contributed by atoms with van der Waals surface area (Å²) in [7, 11) is 0. The standard InChI is InChI=1S/C15H23N3O2/c1-4-10-16-14(19)11(3)17-15(20)18-13-9-7-6-8-12(13)5-2/h6-9,11H,4-5,10H2,1-3H3,(H,16,19)(H2,17,18,20)/t11-/m1/s1. The van der Waals surface area contributed by atoms with Crippen LogP contribution in [0.4, 0.5) is 10.5 Å². The molecule has 0 fully saturated rings. The zero-order valence-corrected chi connectivity index (χ0v) is 12.3. The lowest BCUT2D eigenvalue weighted by atomic mass is 10.1. The fraction of sp³-hybridized carbons (Fsp3) is 0.467. The fourth-order valence-corrected chi connectivity index (χ4v) is 1.77. The second-order valence-corrected chi connectivity index (χ2v) is 4.62. The van der Waals surface area contributed by atoms with E-state index in [-0.39, 0.29) is 11.9 Å². The van der Waals surface area contributed by atoms with Crippen LogP contribution in [0.15, 0.2) is 24.3 Å². The highest BCUT2D eigenvalue weighted by molar-refractivity contribution is 5.94. The van der Waals surface area contributed by atoms with Crippen LogP contribution in [0.2, 0.25) is 0 Å². The Hall–Kier alpha value is -2.04. The number of nitrogens with one attached hydrogen (secondary N) is 3. The van der Waals surface area contributed by atoms with Crippen molar-refractivity contribution >= 4 is 17.6 Å². The summed E-state index contributed by atoms with van der Waals surface area (Å²) in [5.74, 6) is -0.175. The Bertz CT molecular complexity index is 460. The molecular weight excluding hydrogens is 254 g/mol. The molecule has 5 nitrogen and oxygen atoms in total. The van der Waals surface area contributed by atoms with Crippen molar-refractivity contribution in [1.82, 2.24) is 10.6 Å². The van der Waals surface area contributed by atoms with Gasteiger partial charge in [0.1, 0.15) is 6.04 Å². The SMILES string of the molecule is CCCNC(=O)[C@@H](C)NC(=O)Nc1ccccc1CC. The smallest absolute Gasteiger partial charge is 0.319 e. The number of benzene rings is 1. The van der Waals surface area contributed by atoms with Crippen molar-refractivity contribution in [3.05, 3.63) is 29.8 Å². The van der Waals surface area contributed by atoms with Crippen LogP contribution in [-0.4, -0.2) is 24.5 Å². The third-order valence-corrected chi connectivity index (χ3v) is 2.94. The largest absolute Gasteiger partial charge is 0.354 e. The molecular formula is C15H23N3O2. The molecule has 1 aromatic carbocycles. The summed E-state index contributed by atoms with van der Waals surface area (Å²) in [5, 5.41) is 8.14. The van der Waals surface area contributed by atoms with E-state index >= 15 is 0 Å². The monoisotopic (exact) mass is 277 g/mol. The maximum Gasteiger partial charge on any atom is 0.319 e. The summed E-state index contributed by atoms with van der Waals surface area (Å²) >= 11 is 0. The van der Waals surface area contributed by atoms with Crippen molar-refractivity contribution in [3.63, 3.8) is 0 Å². The molecule has 3 N–H and O–H groups in total. The first-order valence-electron chi connectivity index (χ1n) is 7.01. The van der Waals surface area contributed by atoms with Crippen molar-refractivity contribution in [2.24, 2.45) is 0 Å². The topological polar surface area (TPSA) is 70.2 Å². The minimum atomic E-state index is -0.560. The predicted octanol–water partition coefficient (Wildman–Crippen LogP) is 2.29. The van der Waals surface area contributed by atoms with Crippen LogP contribution in [0.5, 0.6) is 0 Å². The van der Waals surface area contributed by atoms with E-state index < -0.39 is 6.04 Å². The van der Waals surface area contributed by atoms with Gasteiger partial charge in [-0.15, -0.1) is 0 Å². The van der Waals surface area contributed by atoms with Gasteiger partial charge in [0.15, 0.2) is 0 Å². The highest BCUT2D eigenvalue weighted by Crippen LogP contribution is 2.14. The van der Waals surface area contributed by atoms with Gasteiger partial charge in [-0.3, -0.25) is 4.79 Å². The van der Waals surface area contributed by atoms with Gasteiger partial charge in [-0.2, -0.15) is 0 Å². The predicted molar refractivity (Wildman–Crippen MR) is 80.7 cm³/mol. The van der Waals surface area contributed by atoms with E-state index in [1.54, 1.807) is 6.92 Å². The molecule has 5 heteroatoms. The van der Waals surface area contributed by atoms with Crippen molar-refractivity contribution in [2.75, 3.05) is 11.9 Å². The molecule has 0 aliphatic heterocycles. The molecule has 3 amide bonds. The molecule has 0 aliphatic carbocycles. The molecule has 0 bridgehead atoms. The number of hydrogen-bond acceptors (Lipinski definition) is 2. The summed E-state index contributed by atoms with van der Waals surface area (Å²) in [6, 6.07) is 6.68. The van der Waals surface area contributed by atoms with E-state index in [2.05, 4.69) is 16.0 Å². The van der Waals surface area contributed by atoms with Crippen molar-refractivity contribution in [1.29, 1.82) is 0 Å². The van der Waals surface area contributed by atoms with Crippen LogP contribution in [0.25, 0.3) is 0 Å². The summed E-state index contributed by atoms with van der Waals surface area (Å²) in [5.41, 5.74) is 1.83. The van der Waals surface area contributed by atoms with Crippen molar-refractivity contribution in [3.8, 4) is 0 Å². The quantitative estimate of drug-likeness (QED) is 0.746. The van der Waals surface area contributed by atoms with E-state index in [1.807, 2.05) is 38.1 Å². The molecule has 0 radical (unpaired) electrons. The lowest BCUT2D eigenvalue weighted by molar-refractivity contribution is -0.122. The van der Waals surface area contributed by atoms with Crippen LogP contribution in [0.1, 0.15) is 32.8 Å². The zero-order chi connectivity index (χ0) is 15.0. The summed E-state index contributed by atoms with van der Waals surface area (Å²) < 4.78 is 0. The normalized spacial score (nSPS) is 11.6. The highest BCUT2D eigenvalue weighted by Gasteiger charge is 2.15. The van der Waals surface area contributed by atoms with Gasteiger partial charge in [0.25, 0.3) is 0 Å². The number of carbonyl (C=O) groups excluding carboxylic acids is 2. The molecule has 1 rings (SSSR count). The van der Waals surface area contributed by atoms with Gasteiger partial charge in [-0.25, -0.2) is 4.79 Å². The van der Waals surface area contributed by atoms with E-state index in [0.29, 0.717) is 6.54 Å². The van der Waals surface area contributed by atoms with Crippen LogP contribution in [-0.2, 0) is 11.2 Å². The molecule has 0 spiro atoms. The van der Waals surface area contributed by atoms with Crippen LogP contribution >= 0.6 is 0 Å². The Morgan fingerprint density at radius 1 is 1.20 bits per heavy atom. The van der Waals surface area contributed by atoms with Crippen LogP contribution in [0.3, 0.4) is 0 Å². The molecule has 0 aromatic heterocycles. The second kappa shape index (κ2) is 8.19. The molecule has 110 valence electrons. The summed E-state index contributed by atoms with van der Waals surface area (Å²) in [6.07, 6.45) is 1.71. The number of para-hydroxylation sites is 1. The Kier molecular flexibility index (Phi) is 6.56. The van der Waals surface area contributed by atoms with Gasteiger partial charge in [-0.05, 0) is 31.4 Å². The first-order chi connectivity index (χ1) is 9.58. The first-order valence-corrected chi connectivity index (χ1v) is 7.01. The number of rotatable bonds is 6. The van der Waals surface area contributed by atoms with Gasteiger partial charge in [0.05, 0.1) is 0 Å². The minimum Gasteiger partial charge on any atom is -0.354 e. The first kappa shape index (κ1) is 16.0. The van der Waals surface area contributed by atoms with Crippen molar-refractivity contribution < 1.29 is 9.59 Å². The number of carbonyl (C=O) groups is 2. The third kappa shape index (κ3) is 4.91. The Morgan fingerprint density at radius 3 is 2.55 bits per heavy atom. The van der Waals surface area contributed by atoms with Crippen molar-refractivity contribution in [2.45, 2.75) is 39.7 Å². The molecule has 1 atom stereocenters. The van der Waals surface area contributed by atoms with Gasteiger partial charge >= 0.3 is 6.03 Å². The van der Waals surface area contributed by atoms with Gasteiger partial charge < -0.3 is 16.0 Å². The number of amides is 3. The Balaban J connectivity index is 2.53. The van der Waals surface area contributed by atoms with E-state index in [0.717, 1.165) is 24.1 Å². The maximum absolute atomic E-state index is 11.9. The number of hydrogen-bond donors (Lipinski definition) is 3. The fourth-order valence-electron chi connectivity index (χ4n) is 1.77. The minimum absolute atomic E-state index is 0.175. The zero-order valence-electron chi connectivity index (χ0n) is 12.3.